The van der Waals surface area contributed by atoms with Crippen molar-refractivity contribution >= 4 is 0 Å². The molecule has 0 heterocycles. The Balaban J connectivity index is 2.30. The molecule has 0 saturated carbocycles. The van der Waals surface area contributed by atoms with E-state index in [2.05, 4.69) is 0 Å². The van der Waals surface area contributed by atoms with Crippen LogP contribution in [0.15, 0.2) is 42.5 Å². The number of nitrogens with two attached hydrogens (primary N) is 1. The molecule has 2 nitrogen and oxygen atoms in total. The highest BCUT2D eigenvalue weighted by Crippen LogP contribution is 2.31. The lowest BCUT2D eigenvalue weighted by Crippen LogP contribution is -2.20. The van der Waals surface area contributed by atoms with Gasteiger partial charge in [0.25, 0.3) is 0 Å². The smallest absolute Gasteiger partial charge is 0.126 e. The molecule has 20 heavy (non-hydrogen) atoms. The summed E-state index contributed by atoms with van der Waals surface area (Å²) in [4.78, 5) is 0. The minimum atomic E-state index is -0.808. The van der Waals surface area contributed by atoms with Gasteiger partial charge in [0.2, 0.25) is 0 Å². The Morgan fingerprint density at radius 2 is 1.65 bits per heavy atom. The summed E-state index contributed by atoms with van der Waals surface area (Å²) in [6.45, 7) is 4.01. The van der Waals surface area contributed by atoms with Gasteiger partial charge in [-0.1, -0.05) is 42.0 Å². The predicted molar refractivity (Wildman–Crippen MR) is 79.1 cm³/mol. The van der Waals surface area contributed by atoms with Gasteiger partial charge in [0.05, 0.1) is 6.10 Å². The van der Waals surface area contributed by atoms with Crippen LogP contribution in [0.2, 0.25) is 0 Å². The Kier molecular flexibility index (Phi) is 4.53. The summed E-state index contributed by atoms with van der Waals surface area (Å²) in [7, 11) is 0. The standard InChI is InChI=1S/C17H20FNO/c1-11-3-6-13(7-4-11)15(10-19)17(20)14-8-5-12(2)16(18)9-14/h3-9,15,17,20H,10,19H2,1-2H3. The van der Waals surface area contributed by atoms with E-state index in [1.165, 1.54) is 6.07 Å². The van der Waals surface area contributed by atoms with E-state index in [1.807, 2.05) is 31.2 Å². The third-order valence-electron chi connectivity index (χ3n) is 3.68. The molecule has 0 aromatic heterocycles. The van der Waals surface area contributed by atoms with E-state index in [4.69, 9.17) is 5.73 Å². The third-order valence-corrected chi connectivity index (χ3v) is 3.68. The van der Waals surface area contributed by atoms with Crippen molar-refractivity contribution in [3.63, 3.8) is 0 Å². The molecule has 0 bridgehead atoms. The molecule has 2 aromatic rings. The molecule has 2 atom stereocenters. The van der Waals surface area contributed by atoms with Gasteiger partial charge in [-0.2, -0.15) is 0 Å². The number of halogens is 1. The maximum absolute atomic E-state index is 13.6. The lowest BCUT2D eigenvalue weighted by atomic mass is 9.88. The predicted octanol–water partition coefficient (Wildman–Crippen LogP) is 3.22. The fraction of sp³-hybridized carbons (Fsp3) is 0.294. The van der Waals surface area contributed by atoms with E-state index >= 15 is 0 Å². The van der Waals surface area contributed by atoms with Gasteiger partial charge >= 0.3 is 0 Å². The quantitative estimate of drug-likeness (QED) is 0.898. The molecular weight excluding hydrogens is 253 g/mol. The summed E-state index contributed by atoms with van der Waals surface area (Å²) in [6, 6.07) is 12.7. The van der Waals surface area contributed by atoms with Crippen LogP contribution >= 0.6 is 0 Å². The van der Waals surface area contributed by atoms with Gasteiger partial charge in [-0.25, -0.2) is 4.39 Å². The number of hydrogen-bond acceptors (Lipinski definition) is 2. The second kappa shape index (κ2) is 6.16. The van der Waals surface area contributed by atoms with Crippen molar-refractivity contribution in [2.45, 2.75) is 25.9 Å². The first kappa shape index (κ1) is 14.7. The highest BCUT2D eigenvalue weighted by Gasteiger charge is 2.22. The van der Waals surface area contributed by atoms with Gasteiger partial charge in [-0.05, 0) is 36.6 Å². The topological polar surface area (TPSA) is 46.2 Å². The summed E-state index contributed by atoms with van der Waals surface area (Å²) in [5.41, 5.74) is 9.04. The highest BCUT2D eigenvalue weighted by molar-refractivity contribution is 5.31. The average Bonchev–Trinajstić information content (AvgIpc) is 2.44. The highest BCUT2D eigenvalue weighted by atomic mass is 19.1. The molecule has 0 aliphatic heterocycles. The zero-order valence-corrected chi connectivity index (χ0v) is 11.8. The molecule has 0 aliphatic rings. The lowest BCUT2D eigenvalue weighted by Gasteiger charge is -2.22. The van der Waals surface area contributed by atoms with Gasteiger partial charge in [0.1, 0.15) is 5.82 Å². The van der Waals surface area contributed by atoms with Crippen molar-refractivity contribution in [1.82, 2.24) is 0 Å². The van der Waals surface area contributed by atoms with Crippen LogP contribution in [0, 0.1) is 19.7 Å². The SMILES string of the molecule is Cc1ccc(C(CN)C(O)c2ccc(C)c(F)c2)cc1. The first-order valence-corrected chi connectivity index (χ1v) is 6.73. The number of benzene rings is 2. The molecule has 2 aromatic carbocycles. The van der Waals surface area contributed by atoms with Crippen LogP contribution < -0.4 is 5.73 Å². The van der Waals surface area contributed by atoms with Crippen LogP contribution in [0.25, 0.3) is 0 Å². The maximum Gasteiger partial charge on any atom is 0.126 e. The molecule has 3 heteroatoms. The van der Waals surface area contributed by atoms with Crippen LogP contribution in [-0.4, -0.2) is 11.7 Å². The van der Waals surface area contributed by atoms with Gasteiger partial charge in [0.15, 0.2) is 0 Å². The average molecular weight is 273 g/mol. The molecular formula is C17H20FNO. The first-order valence-electron chi connectivity index (χ1n) is 6.73. The summed E-state index contributed by atoms with van der Waals surface area (Å²) in [5, 5.41) is 10.5. The van der Waals surface area contributed by atoms with Crippen molar-refractivity contribution in [2.24, 2.45) is 5.73 Å². The Hall–Kier alpha value is -1.71. The van der Waals surface area contributed by atoms with E-state index in [9.17, 15) is 9.50 Å². The van der Waals surface area contributed by atoms with E-state index < -0.39 is 6.10 Å². The normalized spacial score (nSPS) is 14.1. The fourth-order valence-corrected chi connectivity index (χ4v) is 2.29. The van der Waals surface area contributed by atoms with Gasteiger partial charge < -0.3 is 10.8 Å². The van der Waals surface area contributed by atoms with E-state index in [1.54, 1.807) is 19.1 Å². The lowest BCUT2D eigenvalue weighted by molar-refractivity contribution is 0.147. The summed E-state index contributed by atoms with van der Waals surface area (Å²) >= 11 is 0. The Bertz CT molecular complexity index is 580. The van der Waals surface area contributed by atoms with Gasteiger partial charge in [0, 0.05) is 12.5 Å². The zero-order chi connectivity index (χ0) is 14.7. The molecule has 0 amide bonds. The number of aliphatic hydroxyl groups is 1. The van der Waals surface area contributed by atoms with Crippen molar-refractivity contribution in [3.8, 4) is 0 Å². The summed E-state index contributed by atoms with van der Waals surface area (Å²) in [5.74, 6) is -0.543. The Labute approximate surface area is 119 Å². The molecule has 106 valence electrons. The van der Waals surface area contributed by atoms with Crippen LogP contribution in [0.5, 0.6) is 0 Å². The van der Waals surface area contributed by atoms with Crippen molar-refractivity contribution in [2.75, 3.05) is 6.54 Å². The maximum atomic E-state index is 13.6. The van der Waals surface area contributed by atoms with Crippen molar-refractivity contribution in [1.29, 1.82) is 0 Å². The molecule has 0 radical (unpaired) electrons. The number of aryl methyl sites for hydroxylation is 2. The zero-order valence-electron chi connectivity index (χ0n) is 11.8. The minimum absolute atomic E-state index is 0.238. The van der Waals surface area contributed by atoms with Crippen molar-refractivity contribution in [3.05, 3.63) is 70.5 Å². The molecule has 0 aliphatic carbocycles. The largest absolute Gasteiger partial charge is 0.388 e. The second-order valence-corrected chi connectivity index (χ2v) is 5.21. The van der Waals surface area contributed by atoms with Crippen LogP contribution in [0.3, 0.4) is 0 Å². The van der Waals surface area contributed by atoms with Gasteiger partial charge in [-0.3, -0.25) is 0 Å². The first-order chi connectivity index (χ1) is 9.52. The number of hydrogen-bond donors (Lipinski definition) is 2. The Morgan fingerprint density at radius 1 is 1.05 bits per heavy atom. The molecule has 2 unspecified atom stereocenters. The molecule has 2 rings (SSSR count). The summed E-state index contributed by atoms with van der Waals surface area (Å²) in [6.07, 6.45) is -0.808. The van der Waals surface area contributed by atoms with E-state index in [0.717, 1.165) is 11.1 Å². The van der Waals surface area contributed by atoms with Crippen LogP contribution in [0.1, 0.15) is 34.3 Å². The fourth-order valence-electron chi connectivity index (χ4n) is 2.29. The monoisotopic (exact) mass is 273 g/mol. The Morgan fingerprint density at radius 3 is 2.20 bits per heavy atom. The molecule has 0 saturated heterocycles. The molecule has 3 N–H and O–H groups in total. The van der Waals surface area contributed by atoms with Crippen LogP contribution in [0.4, 0.5) is 4.39 Å². The second-order valence-electron chi connectivity index (χ2n) is 5.21. The third kappa shape index (κ3) is 3.06. The molecule has 0 spiro atoms. The van der Waals surface area contributed by atoms with Crippen LogP contribution in [-0.2, 0) is 0 Å². The summed E-state index contributed by atoms with van der Waals surface area (Å²) < 4.78 is 13.6. The van der Waals surface area contributed by atoms with Crippen molar-refractivity contribution < 1.29 is 9.50 Å². The van der Waals surface area contributed by atoms with E-state index in [-0.39, 0.29) is 11.7 Å². The van der Waals surface area contributed by atoms with Gasteiger partial charge in [-0.15, -0.1) is 0 Å². The number of aliphatic hydroxyl groups excluding tert-OH is 1. The number of rotatable bonds is 4. The van der Waals surface area contributed by atoms with E-state index in [0.29, 0.717) is 17.7 Å². The minimum Gasteiger partial charge on any atom is -0.388 e. The molecule has 0 fully saturated rings.